The summed E-state index contributed by atoms with van der Waals surface area (Å²) < 4.78 is 12.9. The summed E-state index contributed by atoms with van der Waals surface area (Å²) in [6.07, 6.45) is 1.35. The summed E-state index contributed by atoms with van der Waals surface area (Å²) in [6, 6.07) is 5.66. The number of aromatic amines is 1. The molecule has 7 nitrogen and oxygen atoms in total. The van der Waals surface area contributed by atoms with Crippen molar-refractivity contribution in [2.45, 2.75) is 13.8 Å². The lowest BCUT2D eigenvalue weighted by atomic mass is 10.3. The third-order valence-corrected chi connectivity index (χ3v) is 3.15. The van der Waals surface area contributed by atoms with E-state index in [2.05, 4.69) is 25.7 Å². The highest BCUT2D eigenvalue weighted by atomic mass is 19.1. The number of halogens is 1. The minimum Gasteiger partial charge on any atom is -0.317 e. The van der Waals surface area contributed by atoms with Crippen molar-refractivity contribution in [1.29, 1.82) is 0 Å². The molecule has 3 aromatic rings. The Balaban J connectivity index is 1.81. The molecule has 0 spiro atoms. The summed E-state index contributed by atoms with van der Waals surface area (Å²) in [4.78, 5) is 13.5. The molecule has 0 bridgehead atoms. The minimum atomic E-state index is -0.388. The van der Waals surface area contributed by atoms with E-state index in [-0.39, 0.29) is 17.4 Å². The molecule has 2 heterocycles. The van der Waals surface area contributed by atoms with E-state index in [9.17, 15) is 9.18 Å². The monoisotopic (exact) mass is 300 g/mol. The van der Waals surface area contributed by atoms with Gasteiger partial charge in [-0.2, -0.15) is 15.0 Å². The predicted molar refractivity (Wildman–Crippen MR) is 77.3 cm³/mol. The van der Waals surface area contributed by atoms with Gasteiger partial charge in [-0.3, -0.25) is 9.89 Å². The van der Waals surface area contributed by atoms with E-state index in [4.69, 9.17) is 0 Å². The van der Waals surface area contributed by atoms with Gasteiger partial charge < -0.3 is 5.32 Å². The van der Waals surface area contributed by atoms with Crippen LogP contribution in [0.4, 0.5) is 10.1 Å². The van der Waals surface area contributed by atoms with Crippen LogP contribution < -0.4 is 5.32 Å². The van der Waals surface area contributed by atoms with Crippen molar-refractivity contribution in [3.05, 3.63) is 53.4 Å². The lowest BCUT2D eigenvalue weighted by Gasteiger charge is -2.02. The molecule has 1 aromatic carbocycles. The van der Waals surface area contributed by atoms with Crippen molar-refractivity contribution >= 4 is 11.6 Å². The number of amides is 1. The second-order valence-electron chi connectivity index (χ2n) is 4.76. The van der Waals surface area contributed by atoms with Crippen molar-refractivity contribution in [1.82, 2.24) is 25.2 Å². The molecule has 0 aliphatic heterocycles. The highest BCUT2D eigenvalue weighted by molar-refractivity contribution is 6.03. The molecular formula is C14H13FN6O. The number of hydrogen-bond acceptors (Lipinski definition) is 4. The molecule has 0 saturated heterocycles. The number of anilines is 1. The van der Waals surface area contributed by atoms with Gasteiger partial charge in [0.2, 0.25) is 0 Å². The van der Waals surface area contributed by atoms with E-state index in [1.807, 2.05) is 6.92 Å². The van der Waals surface area contributed by atoms with E-state index in [0.29, 0.717) is 17.1 Å². The van der Waals surface area contributed by atoms with Gasteiger partial charge in [0.05, 0.1) is 29.0 Å². The van der Waals surface area contributed by atoms with Gasteiger partial charge in [-0.25, -0.2) is 4.39 Å². The molecular weight excluding hydrogens is 287 g/mol. The Bertz CT molecular complexity index is 801. The average Bonchev–Trinajstić information content (AvgIpc) is 3.10. The summed E-state index contributed by atoms with van der Waals surface area (Å²) in [5.74, 6) is -0.735. The summed E-state index contributed by atoms with van der Waals surface area (Å²) >= 11 is 0. The van der Waals surface area contributed by atoms with Crippen LogP contribution in [0.3, 0.4) is 0 Å². The first kappa shape index (κ1) is 13.9. The maximum atomic E-state index is 12.9. The maximum absolute atomic E-state index is 12.9. The number of rotatable bonds is 3. The van der Waals surface area contributed by atoms with E-state index in [1.54, 1.807) is 6.92 Å². The smallest absolute Gasteiger partial charge is 0.277 e. The Morgan fingerprint density at radius 2 is 2.00 bits per heavy atom. The maximum Gasteiger partial charge on any atom is 0.277 e. The van der Waals surface area contributed by atoms with E-state index >= 15 is 0 Å². The first-order valence-corrected chi connectivity index (χ1v) is 6.56. The van der Waals surface area contributed by atoms with Crippen LogP contribution >= 0.6 is 0 Å². The standard InChI is InChI=1S/C14H13FN6O/c1-8-13(9(2)19-18-8)17-14(22)12-7-16-21(20-12)11-5-3-10(15)4-6-11/h3-7H,1-2H3,(H,17,22)(H,18,19). The Morgan fingerprint density at radius 3 is 2.64 bits per heavy atom. The number of carbonyl (C=O) groups excluding carboxylic acids is 1. The van der Waals surface area contributed by atoms with Crippen molar-refractivity contribution in [3.63, 3.8) is 0 Å². The fourth-order valence-corrected chi connectivity index (χ4v) is 1.98. The fraction of sp³-hybridized carbons (Fsp3) is 0.143. The van der Waals surface area contributed by atoms with Crippen molar-refractivity contribution in [2.24, 2.45) is 0 Å². The van der Waals surface area contributed by atoms with E-state index in [1.165, 1.54) is 35.3 Å². The molecule has 2 aromatic heterocycles. The number of aryl methyl sites for hydroxylation is 2. The molecule has 0 atom stereocenters. The lowest BCUT2D eigenvalue weighted by Crippen LogP contribution is -2.14. The van der Waals surface area contributed by atoms with Gasteiger partial charge in [0, 0.05) is 0 Å². The van der Waals surface area contributed by atoms with Crippen LogP contribution in [-0.2, 0) is 0 Å². The van der Waals surface area contributed by atoms with Crippen LogP contribution in [0.15, 0.2) is 30.5 Å². The normalized spacial score (nSPS) is 10.7. The van der Waals surface area contributed by atoms with Crippen molar-refractivity contribution < 1.29 is 9.18 Å². The molecule has 8 heteroatoms. The van der Waals surface area contributed by atoms with E-state index < -0.39 is 0 Å². The fourth-order valence-electron chi connectivity index (χ4n) is 1.98. The van der Waals surface area contributed by atoms with Crippen molar-refractivity contribution in [3.8, 4) is 5.69 Å². The largest absolute Gasteiger partial charge is 0.317 e. The molecule has 0 radical (unpaired) electrons. The highest BCUT2D eigenvalue weighted by Crippen LogP contribution is 2.17. The molecule has 22 heavy (non-hydrogen) atoms. The van der Waals surface area contributed by atoms with Crippen LogP contribution in [0.25, 0.3) is 5.69 Å². The first-order chi connectivity index (χ1) is 10.5. The topological polar surface area (TPSA) is 88.5 Å². The Hall–Kier alpha value is -3.03. The molecule has 0 aliphatic rings. The van der Waals surface area contributed by atoms with Crippen LogP contribution in [-0.4, -0.2) is 31.1 Å². The number of carbonyl (C=O) groups is 1. The van der Waals surface area contributed by atoms with Gasteiger partial charge in [0.1, 0.15) is 5.82 Å². The quantitative estimate of drug-likeness (QED) is 0.774. The van der Waals surface area contributed by atoms with Gasteiger partial charge in [0.25, 0.3) is 5.91 Å². The number of hydrogen-bond donors (Lipinski definition) is 2. The molecule has 0 saturated carbocycles. The van der Waals surface area contributed by atoms with Crippen LogP contribution in [0.1, 0.15) is 21.9 Å². The highest BCUT2D eigenvalue weighted by Gasteiger charge is 2.15. The number of aromatic nitrogens is 5. The Kier molecular flexibility index (Phi) is 3.42. The predicted octanol–water partition coefficient (Wildman–Crippen LogP) is 2.00. The molecule has 0 fully saturated rings. The zero-order valence-corrected chi connectivity index (χ0v) is 12.0. The summed E-state index contributed by atoms with van der Waals surface area (Å²) in [5.41, 5.74) is 2.80. The number of H-pyrrole nitrogens is 1. The number of benzene rings is 1. The first-order valence-electron chi connectivity index (χ1n) is 6.56. The molecule has 0 aliphatic carbocycles. The van der Waals surface area contributed by atoms with Gasteiger partial charge in [0.15, 0.2) is 5.69 Å². The zero-order chi connectivity index (χ0) is 15.7. The zero-order valence-electron chi connectivity index (χ0n) is 12.0. The third kappa shape index (κ3) is 2.58. The van der Waals surface area contributed by atoms with Crippen LogP contribution in [0, 0.1) is 19.7 Å². The molecule has 0 unspecified atom stereocenters. The Morgan fingerprint density at radius 1 is 1.27 bits per heavy atom. The second-order valence-corrected chi connectivity index (χ2v) is 4.76. The van der Waals surface area contributed by atoms with Gasteiger partial charge in [-0.15, -0.1) is 5.10 Å². The van der Waals surface area contributed by atoms with Gasteiger partial charge in [-0.05, 0) is 38.1 Å². The number of nitrogens with one attached hydrogen (secondary N) is 2. The molecule has 2 N–H and O–H groups in total. The number of nitrogens with zero attached hydrogens (tertiary/aromatic N) is 4. The summed E-state index contributed by atoms with van der Waals surface area (Å²) in [6.45, 7) is 3.60. The third-order valence-electron chi connectivity index (χ3n) is 3.15. The van der Waals surface area contributed by atoms with Gasteiger partial charge >= 0.3 is 0 Å². The lowest BCUT2D eigenvalue weighted by molar-refractivity contribution is 0.102. The van der Waals surface area contributed by atoms with E-state index in [0.717, 1.165) is 5.69 Å². The van der Waals surface area contributed by atoms with Gasteiger partial charge in [-0.1, -0.05) is 0 Å². The summed E-state index contributed by atoms with van der Waals surface area (Å²) in [7, 11) is 0. The SMILES string of the molecule is Cc1n[nH]c(C)c1NC(=O)c1cnn(-c2ccc(F)cc2)n1. The summed E-state index contributed by atoms with van der Waals surface area (Å²) in [5, 5.41) is 17.6. The van der Waals surface area contributed by atoms with Crippen LogP contribution in [0.5, 0.6) is 0 Å². The average molecular weight is 300 g/mol. The molecule has 1 amide bonds. The molecule has 112 valence electrons. The minimum absolute atomic E-state index is 0.157. The van der Waals surface area contributed by atoms with Crippen molar-refractivity contribution in [2.75, 3.05) is 5.32 Å². The molecule has 3 rings (SSSR count). The Labute approximate surface area is 125 Å². The van der Waals surface area contributed by atoms with Crippen LogP contribution in [0.2, 0.25) is 0 Å². The second kappa shape index (κ2) is 5.40.